The van der Waals surface area contributed by atoms with Gasteiger partial charge in [-0.05, 0) is 103 Å². The molecule has 0 saturated carbocycles. The van der Waals surface area contributed by atoms with Crippen LogP contribution >= 0.6 is 11.6 Å². The summed E-state index contributed by atoms with van der Waals surface area (Å²) in [6.07, 6.45) is 7.25. The van der Waals surface area contributed by atoms with Crippen LogP contribution in [0.1, 0.15) is 114 Å². The predicted molar refractivity (Wildman–Crippen MR) is 276 cm³/mol. The van der Waals surface area contributed by atoms with E-state index in [9.17, 15) is 37.5 Å². The van der Waals surface area contributed by atoms with Gasteiger partial charge < -0.3 is 40.6 Å². The van der Waals surface area contributed by atoms with Crippen molar-refractivity contribution in [1.29, 1.82) is 0 Å². The van der Waals surface area contributed by atoms with Crippen LogP contribution in [0, 0.1) is 11.6 Å². The number of hydrogen-bond acceptors (Lipinski definition) is 9. The minimum Gasteiger partial charge on any atom is -0.357 e. The topological polar surface area (TPSA) is 215 Å². The molecule has 0 spiro atoms. The monoisotopic (exact) mass is 1040 g/mol. The predicted octanol–water partition coefficient (Wildman–Crippen LogP) is 5.86. The van der Waals surface area contributed by atoms with Crippen molar-refractivity contribution in [3.63, 3.8) is 0 Å². The van der Waals surface area contributed by atoms with E-state index in [-0.39, 0.29) is 77.3 Å². The number of aromatic nitrogens is 6. The highest BCUT2D eigenvalue weighted by atomic mass is 35.5. The fraction of sp³-hybridized carbons (Fsp3) is 0.333. The van der Waals surface area contributed by atoms with E-state index < -0.39 is 5.24 Å². The molecule has 75 heavy (non-hydrogen) atoms. The molecule has 0 bridgehead atoms. The maximum absolute atomic E-state index is 13.5. The first-order valence-corrected chi connectivity index (χ1v) is 25.1. The SMILES string of the molecule is C=CC(=O)Cl.C=CC(=O)N1CCC(NC(=O)c2nn(Cc3ccc(F)cc3)c3c2CN(C(=O)c2ccc[nH]2)CC3C)C1.CC1CN(C(=O)c2ccc[nH]2)Cc2c(C(=O)NC3CCNC3)nn(Cc3ccc(F)cc3)c21. The number of carbonyl (C=O) groups excluding carboxylic acids is 6. The van der Waals surface area contributed by atoms with E-state index in [2.05, 4.69) is 39.1 Å². The first-order chi connectivity index (χ1) is 36.1. The van der Waals surface area contributed by atoms with Crippen LogP contribution in [0.4, 0.5) is 8.78 Å². The molecule has 4 aliphatic heterocycles. The van der Waals surface area contributed by atoms with E-state index in [1.807, 2.05) is 18.5 Å². The van der Waals surface area contributed by atoms with Gasteiger partial charge in [-0.25, -0.2) is 8.78 Å². The minimum absolute atomic E-state index is 0.0182. The van der Waals surface area contributed by atoms with Crippen LogP contribution in [0.25, 0.3) is 0 Å². The first-order valence-electron chi connectivity index (χ1n) is 24.7. The fourth-order valence-electron chi connectivity index (χ4n) is 9.99. The largest absolute Gasteiger partial charge is 0.357 e. The van der Waals surface area contributed by atoms with Crippen molar-refractivity contribution >= 4 is 46.4 Å². The zero-order valence-corrected chi connectivity index (χ0v) is 42.4. The van der Waals surface area contributed by atoms with Gasteiger partial charge in [0, 0.05) is 91.6 Å². The number of nitrogens with zero attached hydrogens (tertiary/aromatic N) is 7. The number of nitrogens with one attached hydrogen (secondary N) is 5. The van der Waals surface area contributed by atoms with E-state index in [0.717, 1.165) is 53.7 Å². The molecular formula is C54H59ClF2N12O6. The molecule has 0 aliphatic carbocycles. The van der Waals surface area contributed by atoms with Gasteiger partial charge in [0.25, 0.3) is 23.6 Å². The van der Waals surface area contributed by atoms with Crippen LogP contribution in [0.2, 0.25) is 0 Å². The quantitative estimate of drug-likeness (QED) is 0.0732. The Morgan fingerprint density at radius 3 is 1.53 bits per heavy atom. The van der Waals surface area contributed by atoms with Gasteiger partial charge in [-0.1, -0.05) is 51.3 Å². The normalized spacial score (nSPS) is 18.6. The summed E-state index contributed by atoms with van der Waals surface area (Å²) in [7, 11) is 0. The number of benzene rings is 2. The summed E-state index contributed by atoms with van der Waals surface area (Å²) in [5.41, 5.74) is 6.69. The Labute approximate surface area is 437 Å². The summed E-state index contributed by atoms with van der Waals surface area (Å²) in [5, 5.41) is 18.2. The van der Waals surface area contributed by atoms with Gasteiger partial charge >= 0.3 is 0 Å². The zero-order chi connectivity index (χ0) is 53.3. The first kappa shape index (κ1) is 53.3. The molecule has 392 valence electrons. The molecule has 18 nitrogen and oxygen atoms in total. The average Bonchev–Trinajstić information content (AvgIpc) is 4.27. The van der Waals surface area contributed by atoms with Crippen LogP contribution in [-0.4, -0.2) is 130 Å². The van der Waals surface area contributed by atoms with E-state index in [1.165, 1.54) is 30.3 Å². The van der Waals surface area contributed by atoms with Crippen molar-refractivity contribution in [1.82, 2.24) is 60.2 Å². The van der Waals surface area contributed by atoms with Gasteiger partial charge in [0.2, 0.25) is 11.1 Å². The summed E-state index contributed by atoms with van der Waals surface area (Å²) in [6, 6.07) is 19.4. The highest BCUT2D eigenvalue weighted by molar-refractivity contribution is 6.66. The Hall–Kier alpha value is -7.97. The molecule has 6 aromatic rings. The van der Waals surface area contributed by atoms with Crippen molar-refractivity contribution in [3.8, 4) is 0 Å². The van der Waals surface area contributed by atoms with Crippen LogP contribution in [0.15, 0.2) is 111 Å². The average molecular weight is 1050 g/mol. The van der Waals surface area contributed by atoms with Crippen LogP contribution in [0.3, 0.4) is 0 Å². The number of allylic oxidation sites excluding steroid dienone is 1. The Morgan fingerprint density at radius 1 is 0.667 bits per heavy atom. The maximum atomic E-state index is 13.5. The smallest absolute Gasteiger partial charge is 0.272 e. The Morgan fingerprint density at radius 2 is 1.13 bits per heavy atom. The van der Waals surface area contributed by atoms with Crippen LogP contribution in [-0.2, 0) is 35.8 Å². The number of H-pyrrole nitrogens is 2. The third-order valence-electron chi connectivity index (χ3n) is 13.5. The number of fused-ring (bicyclic) bond motifs is 2. The molecule has 4 atom stereocenters. The van der Waals surface area contributed by atoms with Gasteiger partial charge in [0.1, 0.15) is 23.0 Å². The van der Waals surface area contributed by atoms with Gasteiger partial charge in [-0.15, -0.1) is 0 Å². The van der Waals surface area contributed by atoms with E-state index >= 15 is 0 Å². The number of halogens is 3. The molecular weight excluding hydrogens is 986 g/mol. The number of hydrogen-bond donors (Lipinski definition) is 5. The molecule has 0 radical (unpaired) electrons. The van der Waals surface area contributed by atoms with Crippen LogP contribution in [0.5, 0.6) is 0 Å². The minimum atomic E-state index is -0.509. The third-order valence-corrected chi connectivity index (χ3v) is 13.7. The number of rotatable bonds is 12. The number of amides is 5. The molecule has 4 aliphatic rings. The van der Waals surface area contributed by atoms with E-state index in [1.54, 1.807) is 80.3 Å². The molecule has 21 heteroatoms. The number of aromatic amines is 2. The molecule has 4 unspecified atom stereocenters. The summed E-state index contributed by atoms with van der Waals surface area (Å²) >= 11 is 4.71. The molecule has 2 fully saturated rings. The van der Waals surface area contributed by atoms with Crippen molar-refractivity contribution in [3.05, 3.63) is 179 Å². The fourth-order valence-corrected chi connectivity index (χ4v) is 9.99. The van der Waals surface area contributed by atoms with E-state index in [4.69, 9.17) is 21.8 Å². The maximum Gasteiger partial charge on any atom is 0.272 e. The summed E-state index contributed by atoms with van der Waals surface area (Å²) < 4.78 is 30.5. The van der Waals surface area contributed by atoms with Crippen LogP contribution < -0.4 is 16.0 Å². The third kappa shape index (κ3) is 12.7. The van der Waals surface area contributed by atoms with Crippen molar-refractivity contribution in [2.45, 2.75) is 76.8 Å². The molecule has 2 aromatic carbocycles. The lowest BCUT2D eigenvalue weighted by atomic mass is 9.95. The Bertz CT molecular complexity index is 3040. The second kappa shape index (κ2) is 23.9. The number of likely N-dealkylation sites (tertiary alicyclic amines) is 1. The lowest BCUT2D eigenvalue weighted by Crippen LogP contribution is -2.40. The summed E-state index contributed by atoms with van der Waals surface area (Å²) in [6.45, 7) is 15.6. The van der Waals surface area contributed by atoms with Gasteiger partial charge in [0.15, 0.2) is 11.4 Å². The molecule has 4 aromatic heterocycles. The zero-order valence-electron chi connectivity index (χ0n) is 41.7. The second-order valence-electron chi connectivity index (χ2n) is 19.0. The summed E-state index contributed by atoms with van der Waals surface area (Å²) in [5.74, 6) is -1.68. The van der Waals surface area contributed by atoms with Gasteiger partial charge in [0.05, 0.1) is 26.2 Å². The highest BCUT2D eigenvalue weighted by Crippen LogP contribution is 2.34. The van der Waals surface area contributed by atoms with Crippen molar-refractivity contribution in [2.75, 3.05) is 39.3 Å². The lowest BCUT2D eigenvalue weighted by Gasteiger charge is -2.32. The highest BCUT2D eigenvalue weighted by Gasteiger charge is 2.37. The van der Waals surface area contributed by atoms with Gasteiger partial charge in [-0.2, -0.15) is 10.2 Å². The molecule has 10 rings (SSSR count). The Kier molecular flexibility index (Phi) is 17.0. The summed E-state index contributed by atoms with van der Waals surface area (Å²) in [4.78, 5) is 85.3. The van der Waals surface area contributed by atoms with Crippen molar-refractivity contribution in [2.24, 2.45) is 0 Å². The van der Waals surface area contributed by atoms with E-state index in [0.29, 0.717) is 74.9 Å². The molecule has 8 heterocycles. The number of carbonyl (C=O) groups is 6. The second-order valence-corrected chi connectivity index (χ2v) is 19.3. The standard InChI is InChI=1S/C27H29FN6O3.C24H27FN6O2.C3H3ClO/c1-3-23(35)32-12-10-20(15-32)30-26(36)24-21-16-33(27(37)22-5-4-11-29-22)13-17(2)25(21)34(31-24)14-18-6-8-19(28)9-7-18;1-15-12-30(24(33)20-3-2-9-27-20)14-19-21(23(32)28-18-8-10-26-11-18)29-31(22(15)19)13-16-4-6-17(25)7-5-16;1-2-3(4)5/h3-9,11,17,20,29H,1,10,12-16H2,2H3,(H,30,36);2-7,9,15,18,26-27H,8,10-14H2,1H3,(H,28,32);2H,1H2. The Balaban J connectivity index is 0.000000184. The lowest BCUT2D eigenvalue weighted by molar-refractivity contribution is -0.125. The van der Waals surface area contributed by atoms with Gasteiger partial charge in [-0.3, -0.25) is 38.1 Å². The molecule has 2 saturated heterocycles. The van der Waals surface area contributed by atoms with Crippen molar-refractivity contribution < 1.29 is 37.5 Å². The molecule has 5 N–H and O–H groups in total. The molecule has 5 amide bonds.